The number of rotatable bonds is 6. The lowest BCUT2D eigenvalue weighted by Crippen LogP contribution is -2.46. The van der Waals surface area contributed by atoms with Crippen LogP contribution in [0.1, 0.15) is 19.3 Å². The van der Waals surface area contributed by atoms with E-state index < -0.39 is 23.7 Å². The first-order valence-electron chi connectivity index (χ1n) is 9.73. The highest BCUT2D eigenvalue weighted by Crippen LogP contribution is 2.29. The molecule has 30 heavy (non-hydrogen) atoms. The molecule has 0 radical (unpaired) electrons. The van der Waals surface area contributed by atoms with Crippen LogP contribution in [0, 0.1) is 0 Å². The zero-order chi connectivity index (χ0) is 21.8. The Balaban J connectivity index is 1.89. The summed E-state index contributed by atoms with van der Waals surface area (Å²) in [6.07, 6.45) is 2.98. The Kier molecular flexibility index (Phi) is 6.34. The number of carbonyl (C=O) groups excluding carboxylic acids is 1. The van der Waals surface area contributed by atoms with Gasteiger partial charge in [-0.3, -0.25) is 14.2 Å². The van der Waals surface area contributed by atoms with Gasteiger partial charge in [0.25, 0.3) is 5.56 Å². The summed E-state index contributed by atoms with van der Waals surface area (Å²) in [6, 6.07) is 4.89. The molecule has 0 unspecified atom stereocenters. The number of hydrogen-bond donors (Lipinski definition) is 2. The van der Waals surface area contributed by atoms with Crippen molar-refractivity contribution >= 4 is 23.1 Å². The molecule has 1 saturated heterocycles. The molecule has 3 N–H and O–H groups in total. The molecular weight excluding hydrogens is 390 g/mol. The third kappa shape index (κ3) is 4.12. The fourth-order valence-electron chi connectivity index (χ4n) is 3.58. The predicted molar refractivity (Wildman–Crippen MR) is 115 cm³/mol. The van der Waals surface area contributed by atoms with Crippen molar-refractivity contribution in [2.45, 2.75) is 25.8 Å². The van der Waals surface area contributed by atoms with Gasteiger partial charge in [0.05, 0.1) is 14.2 Å². The molecule has 10 heteroatoms. The summed E-state index contributed by atoms with van der Waals surface area (Å²) in [5.74, 6) is 0.563. The van der Waals surface area contributed by atoms with Crippen LogP contribution >= 0.6 is 0 Å². The highest BCUT2D eigenvalue weighted by atomic mass is 16.5. The number of amides is 1. The van der Waals surface area contributed by atoms with Gasteiger partial charge in [0.2, 0.25) is 5.91 Å². The van der Waals surface area contributed by atoms with Crippen molar-refractivity contribution in [3.05, 3.63) is 39.0 Å². The number of piperidine rings is 1. The topological polar surface area (TPSA) is 121 Å². The Morgan fingerprint density at radius 1 is 1.10 bits per heavy atom. The van der Waals surface area contributed by atoms with Crippen LogP contribution in [-0.4, -0.2) is 42.4 Å². The van der Waals surface area contributed by atoms with Crippen LogP contribution in [-0.2, 0) is 18.4 Å². The van der Waals surface area contributed by atoms with Gasteiger partial charge in [-0.1, -0.05) is 0 Å². The zero-order valence-corrected chi connectivity index (χ0v) is 17.4. The predicted octanol–water partition coefficient (Wildman–Crippen LogP) is 0.775. The number of nitrogens with zero attached hydrogens (tertiary/aromatic N) is 3. The Labute approximate surface area is 173 Å². The Hall–Kier alpha value is -3.43. The molecule has 0 atom stereocenters. The Morgan fingerprint density at radius 3 is 2.40 bits per heavy atom. The molecule has 2 aromatic rings. The van der Waals surface area contributed by atoms with Gasteiger partial charge in [-0.25, -0.2) is 9.36 Å². The number of carbonyl (C=O) groups is 1. The molecule has 2 heterocycles. The maximum atomic E-state index is 13.0. The van der Waals surface area contributed by atoms with Gasteiger partial charge in [0.15, 0.2) is 11.5 Å². The number of hydrogen-bond acceptors (Lipinski definition) is 7. The van der Waals surface area contributed by atoms with E-state index in [0.29, 0.717) is 30.3 Å². The van der Waals surface area contributed by atoms with Crippen LogP contribution in [0.3, 0.4) is 0 Å². The van der Waals surface area contributed by atoms with Crippen molar-refractivity contribution in [1.29, 1.82) is 0 Å². The summed E-state index contributed by atoms with van der Waals surface area (Å²) in [4.78, 5) is 40.2. The number of methoxy groups -OCH3 is 2. The highest BCUT2D eigenvalue weighted by molar-refractivity contribution is 5.91. The lowest BCUT2D eigenvalue weighted by molar-refractivity contribution is -0.116. The fraction of sp³-hybridized carbons (Fsp3) is 0.450. The fourth-order valence-corrected chi connectivity index (χ4v) is 3.58. The summed E-state index contributed by atoms with van der Waals surface area (Å²) >= 11 is 0. The van der Waals surface area contributed by atoms with E-state index in [0.717, 1.165) is 23.8 Å². The van der Waals surface area contributed by atoms with Gasteiger partial charge in [-0.05, 0) is 31.4 Å². The van der Waals surface area contributed by atoms with Crippen LogP contribution in [0.25, 0.3) is 0 Å². The molecule has 1 amide bonds. The van der Waals surface area contributed by atoms with E-state index in [2.05, 4.69) is 5.32 Å². The minimum absolute atomic E-state index is 0.114. The van der Waals surface area contributed by atoms with Gasteiger partial charge in [-0.2, -0.15) is 0 Å². The average Bonchev–Trinajstić information content (AvgIpc) is 2.76. The number of nitrogens with two attached hydrogens (primary N) is 1. The monoisotopic (exact) mass is 417 g/mol. The first-order valence-corrected chi connectivity index (χ1v) is 9.73. The average molecular weight is 417 g/mol. The van der Waals surface area contributed by atoms with Crippen LogP contribution in [0.2, 0.25) is 0 Å². The second-order valence-corrected chi connectivity index (χ2v) is 7.13. The Morgan fingerprint density at radius 2 is 1.77 bits per heavy atom. The van der Waals surface area contributed by atoms with E-state index in [4.69, 9.17) is 15.2 Å². The van der Waals surface area contributed by atoms with Crippen molar-refractivity contribution in [2.75, 3.05) is 43.3 Å². The molecule has 1 fully saturated rings. The molecule has 3 rings (SSSR count). The molecule has 1 aliphatic heterocycles. The SMILES string of the molecule is COc1ccc(NC(=O)Cn2c(=O)c(N3CCCCC3)c(N)n(C)c2=O)cc1OC. The van der Waals surface area contributed by atoms with E-state index in [9.17, 15) is 14.4 Å². The van der Waals surface area contributed by atoms with Gasteiger partial charge in [-0.15, -0.1) is 0 Å². The molecule has 0 spiro atoms. The molecule has 10 nitrogen and oxygen atoms in total. The van der Waals surface area contributed by atoms with Crippen molar-refractivity contribution in [1.82, 2.24) is 9.13 Å². The van der Waals surface area contributed by atoms with Gasteiger partial charge >= 0.3 is 5.69 Å². The maximum absolute atomic E-state index is 13.0. The number of ether oxygens (including phenoxy) is 2. The number of nitrogen functional groups attached to an aromatic ring is 1. The van der Waals surface area contributed by atoms with Crippen molar-refractivity contribution < 1.29 is 14.3 Å². The van der Waals surface area contributed by atoms with E-state index in [1.54, 1.807) is 18.2 Å². The van der Waals surface area contributed by atoms with Crippen LogP contribution in [0.15, 0.2) is 27.8 Å². The Bertz CT molecular complexity index is 1050. The second-order valence-electron chi connectivity index (χ2n) is 7.13. The summed E-state index contributed by atoms with van der Waals surface area (Å²) in [5.41, 5.74) is 5.61. The van der Waals surface area contributed by atoms with Crippen molar-refractivity contribution in [2.24, 2.45) is 7.05 Å². The van der Waals surface area contributed by atoms with Crippen molar-refractivity contribution in [3.8, 4) is 11.5 Å². The number of anilines is 3. The molecule has 1 aromatic carbocycles. The normalized spacial score (nSPS) is 13.8. The van der Waals surface area contributed by atoms with Gasteiger partial charge < -0.3 is 25.4 Å². The number of nitrogens with one attached hydrogen (secondary N) is 1. The molecule has 0 saturated carbocycles. The molecule has 1 aliphatic rings. The van der Waals surface area contributed by atoms with Crippen LogP contribution in [0.4, 0.5) is 17.2 Å². The molecule has 0 bridgehead atoms. The molecule has 1 aromatic heterocycles. The first-order chi connectivity index (χ1) is 14.4. The summed E-state index contributed by atoms with van der Waals surface area (Å²) in [6.45, 7) is 0.950. The quantitative estimate of drug-likeness (QED) is 0.712. The zero-order valence-electron chi connectivity index (χ0n) is 17.4. The maximum Gasteiger partial charge on any atom is 0.332 e. The van der Waals surface area contributed by atoms with E-state index in [1.165, 1.54) is 25.8 Å². The minimum atomic E-state index is -0.638. The molecule has 162 valence electrons. The standard InChI is InChI=1S/C20H27N5O5/c1-23-18(21)17(24-9-5-4-6-10-24)19(27)25(20(23)28)12-16(26)22-13-7-8-14(29-2)15(11-13)30-3/h7-8,11H,4-6,9-10,12,21H2,1-3H3,(H,22,26). The lowest BCUT2D eigenvalue weighted by atomic mass is 10.1. The molecule has 0 aliphatic carbocycles. The molecular formula is C20H27N5O5. The van der Waals surface area contributed by atoms with Crippen LogP contribution in [0.5, 0.6) is 11.5 Å². The third-order valence-corrected chi connectivity index (χ3v) is 5.21. The van der Waals surface area contributed by atoms with Gasteiger partial charge in [0, 0.05) is 31.9 Å². The summed E-state index contributed by atoms with van der Waals surface area (Å²) in [5, 5.41) is 2.68. The highest BCUT2D eigenvalue weighted by Gasteiger charge is 2.23. The van der Waals surface area contributed by atoms with E-state index in [-0.39, 0.29) is 11.5 Å². The second kappa shape index (κ2) is 8.93. The van der Waals surface area contributed by atoms with Crippen molar-refractivity contribution in [3.63, 3.8) is 0 Å². The smallest absolute Gasteiger partial charge is 0.332 e. The number of aromatic nitrogens is 2. The summed E-state index contributed by atoms with van der Waals surface area (Å²) < 4.78 is 12.5. The van der Waals surface area contributed by atoms with Crippen LogP contribution < -0.4 is 36.7 Å². The minimum Gasteiger partial charge on any atom is -0.493 e. The van der Waals surface area contributed by atoms with E-state index >= 15 is 0 Å². The number of benzene rings is 1. The lowest BCUT2D eigenvalue weighted by Gasteiger charge is -2.29. The largest absolute Gasteiger partial charge is 0.493 e. The van der Waals surface area contributed by atoms with E-state index in [1.807, 2.05) is 4.90 Å². The van der Waals surface area contributed by atoms with Gasteiger partial charge in [0.1, 0.15) is 18.1 Å². The third-order valence-electron chi connectivity index (χ3n) is 5.21. The summed E-state index contributed by atoms with van der Waals surface area (Å²) in [7, 11) is 4.50. The first kappa shape index (κ1) is 21.3.